The highest BCUT2D eigenvalue weighted by Crippen LogP contribution is 2.27. The predicted molar refractivity (Wildman–Crippen MR) is 155 cm³/mol. The number of carbonyl (C=O) groups excluding carboxylic acids is 2. The van der Waals surface area contributed by atoms with Crippen LogP contribution in [0.2, 0.25) is 5.02 Å². The normalized spacial score (nSPS) is 12.0. The molecule has 1 N–H and O–H groups in total. The summed E-state index contributed by atoms with van der Waals surface area (Å²) in [6, 6.07) is 19.4. The second-order valence-corrected chi connectivity index (χ2v) is 11.9. The van der Waals surface area contributed by atoms with Crippen molar-refractivity contribution in [2.24, 2.45) is 0 Å². The SMILES string of the molecule is CCNC(=O)C(CC)N(Cc1ccccc1Cl)C(=O)CN(c1ccc(Br)cc1)S(=O)(=O)c1ccc(C)cc1. The fourth-order valence-corrected chi connectivity index (χ4v) is 5.87. The molecule has 0 fully saturated rings. The van der Waals surface area contributed by atoms with Crippen molar-refractivity contribution in [2.45, 2.75) is 44.7 Å². The van der Waals surface area contributed by atoms with Gasteiger partial charge in [0, 0.05) is 22.6 Å². The van der Waals surface area contributed by atoms with Crippen molar-refractivity contribution in [2.75, 3.05) is 17.4 Å². The molecule has 3 aromatic rings. The van der Waals surface area contributed by atoms with Crippen molar-refractivity contribution >= 4 is 55.1 Å². The maximum Gasteiger partial charge on any atom is 0.264 e. The van der Waals surface area contributed by atoms with Gasteiger partial charge in [-0.1, -0.05) is 70.3 Å². The monoisotopic (exact) mass is 619 g/mol. The second kappa shape index (κ2) is 13.3. The molecule has 1 unspecified atom stereocenters. The number of nitrogens with zero attached hydrogens (tertiary/aromatic N) is 2. The summed E-state index contributed by atoms with van der Waals surface area (Å²) in [4.78, 5) is 28.4. The molecule has 38 heavy (non-hydrogen) atoms. The van der Waals surface area contributed by atoms with Crippen molar-refractivity contribution in [3.8, 4) is 0 Å². The van der Waals surface area contributed by atoms with E-state index in [1.807, 2.05) is 13.8 Å². The maximum absolute atomic E-state index is 13.9. The Bertz CT molecular complexity index is 1370. The molecule has 0 bridgehead atoms. The fraction of sp³-hybridized carbons (Fsp3) is 0.286. The largest absolute Gasteiger partial charge is 0.355 e. The average Bonchev–Trinajstić information content (AvgIpc) is 2.89. The van der Waals surface area contributed by atoms with Crippen molar-refractivity contribution in [3.05, 3.63) is 93.4 Å². The Morgan fingerprint density at radius 2 is 1.61 bits per heavy atom. The zero-order chi connectivity index (χ0) is 27.9. The standard InChI is InChI=1S/C28H31BrClN3O4S/c1-4-26(28(35)31-5-2)32(18-21-8-6-7-9-25(21)30)27(34)19-33(23-14-12-22(29)13-15-23)38(36,37)24-16-10-20(3)11-17-24/h6-17,26H,4-5,18-19H2,1-3H3,(H,31,35). The van der Waals surface area contributed by atoms with Crippen LogP contribution in [0.25, 0.3) is 0 Å². The highest BCUT2D eigenvalue weighted by Gasteiger charge is 2.33. The Hall–Kier alpha value is -2.88. The van der Waals surface area contributed by atoms with Crippen LogP contribution in [0.3, 0.4) is 0 Å². The highest BCUT2D eigenvalue weighted by molar-refractivity contribution is 9.10. The molecule has 202 valence electrons. The first-order valence-electron chi connectivity index (χ1n) is 12.2. The molecule has 10 heteroatoms. The number of anilines is 1. The molecule has 0 aliphatic heterocycles. The van der Waals surface area contributed by atoms with E-state index < -0.39 is 28.5 Å². The van der Waals surface area contributed by atoms with Gasteiger partial charge in [0.2, 0.25) is 11.8 Å². The molecule has 0 spiro atoms. The number of halogens is 2. The summed E-state index contributed by atoms with van der Waals surface area (Å²) in [5, 5.41) is 3.23. The fourth-order valence-electron chi connectivity index (χ4n) is 4.00. The lowest BCUT2D eigenvalue weighted by molar-refractivity contribution is -0.140. The minimum absolute atomic E-state index is 0.0485. The smallest absolute Gasteiger partial charge is 0.264 e. The van der Waals surface area contributed by atoms with Crippen LogP contribution in [0.4, 0.5) is 5.69 Å². The average molecular weight is 621 g/mol. The van der Waals surface area contributed by atoms with Crippen LogP contribution < -0.4 is 9.62 Å². The van der Waals surface area contributed by atoms with Gasteiger partial charge in [0.1, 0.15) is 12.6 Å². The summed E-state index contributed by atoms with van der Waals surface area (Å²) in [6.45, 7) is 5.42. The Morgan fingerprint density at radius 3 is 2.18 bits per heavy atom. The molecule has 0 saturated carbocycles. The molecule has 0 saturated heterocycles. The van der Waals surface area contributed by atoms with E-state index in [9.17, 15) is 18.0 Å². The first kappa shape index (κ1) is 29.7. The van der Waals surface area contributed by atoms with Gasteiger partial charge in [0.05, 0.1) is 10.6 Å². The molecule has 1 atom stereocenters. The van der Waals surface area contributed by atoms with Crippen LogP contribution in [-0.2, 0) is 26.2 Å². The molecule has 2 amide bonds. The summed E-state index contributed by atoms with van der Waals surface area (Å²) in [5.41, 5.74) is 1.89. The van der Waals surface area contributed by atoms with Crippen molar-refractivity contribution in [3.63, 3.8) is 0 Å². The van der Waals surface area contributed by atoms with E-state index in [1.165, 1.54) is 17.0 Å². The van der Waals surface area contributed by atoms with Gasteiger partial charge in [0.25, 0.3) is 10.0 Å². The van der Waals surface area contributed by atoms with Crippen LogP contribution in [0, 0.1) is 6.92 Å². The van der Waals surface area contributed by atoms with Crippen molar-refractivity contribution in [1.29, 1.82) is 0 Å². The van der Waals surface area contributed by atoms with Crippen LogP contribution in [0.1, 0.15) is 31.4 Å². The van der Waals surface area contributed by atoms with E-state index in [1.54, 1.807) is 67.6 Å². The number of sulfonamides is 1. The molecule has 0 aromatic heterocycles. The molecule has 0 radical (unpaired) electrons. The minimum atomic E-state index is -4.11. The van der Waals surface area contributed by atoms with E-state index in [2.05, 4.69) is 21.2 Å². The van der Waals surface area contributed by atoms with E-state index in [-0.39, 0.29) is 17.3 Å². The van der Waals surface area contributed by atoms with Gasteiger partial charge in [-0.2, -0.15) is 0 Å². The topological polar surface area (TPSA) is 86.8 Å². The second-order valence-electron chi connectivity index (χ2n) is 8.73. The number of carbonyl (C=O) groups is 2. The number of nitrogens with one attached hydrogen (secondary N) is 1. The Balaban J connectivity index is 2.06. The lowest BCUT2D eigenvalue weighted by Gasteiger charge is -2.33. The Kier molecular flexibility index (Phi) is 10.4. The Labute approximate surface area is 238 Å². The number of rotatable bonds is 11. The zero-order valence-corrected chi connectivity index (χ0v) is 24.7. The van der Waals surface area contributed by atoms with Crippen LogP contribution in [-0.4, -0.2) is 44.3 Å². The summed E-state index contributed by atoms with van der Waals surface area (Å²) in [5.74, 6) is -0.839. The Morgan fingerprint density at radius 1 is 0.974 bits per heavy atom. The third-order valence-corrected chi connectivity index (χ3v) is 8.72. The van der Waals surface area contributed by atoms with Gasteiger partial charge < -0.3 is 10.2 Å². The first-order chi connectivity index (χ1) is 18.1. The molecular formula is C28H31BrClN3O4S. The summed E-state index contributed by atoms with van der Waals surface area (Å²) in [7, 11) is -4.11. The van der Waals surface area contributed by atoms with Gasteiger partial charge in [-0.15, -0.1) is 0 Å². The van der Waals surface area contributed by atoms with Crippen molar-refractivity contribution in [1.82, 2.24) is 10.2 Å². The molecule has 0 aliphatic carbocycles. The third kappa shape index (κ3) is 7.15. The number of likely N-dealkylation sites (N-methyl/N-ethyl adjacent to an activating group) is 1. The number of benzene rings is 3. The van der Waals surface area contributed by atoms with E-state index >= 15 is 0 Å². The van der Waals surface area contributed by atoms with Gasteiger partial charge in [0.15, 0.2) is 0 Å². The number of aryl methyl sites for hydroxylation is 1. The van der Waals surface area contributed by atoms with Crippen LogP contribution in [0.15, 0.2) is 82.2 Å². The molecule has 7 nitrogen and oxygen atoms in total. The summed E-state index contributed by atoms with van der Waals surface area (Å²) < 4.78 is 29.5. The van der Waals surface area contributed by atoms with Gasteiger partial charge in [-0.25, -0.2) is 8.42 Å². The predicted octanol–water partition coefficient (Wildman–Crippen LogP) is 5.55. The molecule has 3 aromatic carbocycles. The molecular weight excluding hydrogens is 590 g/mol. The van der Waals surface area contributed by atoms with Gasteiger partial charge in [-0.3, -0.25) is 13.9 Å². The van der Waals surface area contributed by atoms with Crippen molar-refractivity contribution < 1.29 is 18.0 Å². The van der Waals surface area contributed by atoms with Gasteiger partial charge in [-0.05, 0) is 68.3 Å². The number of hydrogen-bond donors (Lipinski definition) is 1. The third-order valence-electron chi connectivity index (χ3n) is 6.04. The molecule has 0 aliphatic rings. The number of amides is 2. The van der Waals surface area contributed by atoms with E-state index in [0.29, 0.717) is 29.2 Å². The summed E-state index contributed by atoms with van der Waals surface area (Å²) in [6.07, 6.45) is 0.338. The molecule has 3 rings (SSSR count). The summed E-state index contributed by atoms with van der Waals surface area (Å²) >= 11 is 9.77. The van der Waals surface area contributed by atoms with Crippen LogP contribution in [0.5, 0.6) is 0 Å². The van der Waals surface area contributed by atoms with E-state index in [4.69, 9.17) is 11.6 Å². The van der Waals surface area contributed by atoms with E-state index in [0.717, 1.165) is 14.3 Å². The van der Waals surface area contributed by atoms with Crippen LogP contribution >= 0.6 is 27.5 Å². The number of hydrogen-bond acceptors (Lipinski definition) is 4. The lowest BCUT2D eigenvalue weighted by Crippen LogP contribution is -2.52. The maximum atomic E-state index is 13.9. The first-order valence-corrected chi connectivity index (χ1v) is 14.8. The zero-order valence-electron chi connectivity index (χ0n) is 21.5. The minimum Gasteiger partial charge on any atom is -0.355 e. The van der Waals surface area contributed by atoms with Gasteiger partial charge >= 0.3 is 0 Å². The highest BCUT2D eigenvalue weighted by atomic mass is 79.9. The quantitative estimate of drug-likeness (QED) is 0.305. The molecule has 0 heterocycles. The lowest BCUT2D eigenvalue weighted by atomic mass is 10.1.